The Hall–Kier alpha value is -1.51. The Morgan fingerprint density at radius 3 is 2.44 bits per heavy atom. The van der Waals surface area contributed by atoms with Crippen molar-refractivity contribution >= 4 is 26.5 Å². The SMILES string of the molecule is O=S(=O)(Cc1ccc(CO)cc1)Nc1nncs1. The summed E-state index contributed by atoms with van der Waals surface area (Å²) < 4.78 is 25.9. The number of aliphatic hydroxyl groups is 1. The Balaban J connectivity index is 2.07. The fraction of sp³-hybridized carbons (Fsp3) is 0.200. The molecule has 2 aromatic rings. The van der Waals surface area contributed by atoms with Gasteiger partial charge < -0.3 is 5.11 Å². The monoisotopic (exact) mass is 285 g/mol. The van der Waals surface area contributed by atoms with Gasteiger partial charge in [-0.05, 0) is 11.1 Å². The van der Waals surface area contributed by atoms with E-state index in [1.807, 2.05) is 0 Å². The first-order chi connectivity index (χ1) is 8.59. The molecule has 18 heavy (non-hydrogen) atoms. The van der Waals surface area contributed by atoms with Crippen LogP contribution in [-0.4, -0.2) is 23.7 Å². The van der Waals surface area contributed by atoms with Crippen LogP contribution in [0, 0.1) is 0 Å². The van der Waals surface area contributed by atoms with Crippen molar-refractivity contribution in [3.05, 3.63) is 40.9 Å². The van der Waals surface area contributed by atoms with Gasteiger partial charge in [0.25, 0.3) is 0 Å². The average molecular weight is 285 g/mol. The Morgan fingerprint density at radius 2 is 1.89 bits per heavy atom. The smallest absolute Gasteiger partial charge is 0.238 e. The number of aliphatic hydroxyl groups excluding tert-OH is 1. The maximum Gasteiger partial charge on any atom is 0.238 e. The lowest BCUT2D eigenvalue weighted by Crippen LogP contribution is -2.15. The van der Waals surface area contributed by atoms with Gasteiger partial charge in [0.05, 0.1) is 12.4 Å². The molecule has 0 radical (unpaired) electrons. The first kappa shape index (κ1) is 12.9. The molecule has 0 bridgehead atoms. The molecule has 1 heterocycles. The number of nitrogens with zero attached hydrogens (tertiary/aromatic N) is 2. The van der Waals surface area contributed by atoms with E-state index in [0.717, 1.165) is 16.9 Å². The predicted molar refractivity (Wildman–Crippen MR) is 68.5 cm³/mol. The van der Waals surface area contributed by atoms with Crippen LogP contribution in [0.2, 0.25) is 0 Å². The van der Waals surface area contributed by atoms with E-state index < -0.39 is 10.0 Å². The third-order valence-corrected chi connectivity index (χ3v) is 4.12. The van der Waals surface area contributed by atoms with E-state index in [1.54, 1.807) is 24.3 Å². The number of hydrogen-bond acceptors (Lipinski definition) is 6. The fourth-order valence-corrected chi connectivity index (χ4v) is 3.22. The molecule has 0 aliphatic carbocycles. The summed E-state index contributed by atoms with van der Waals surface area (Å²) in [5.41, 5.74) is 2.84. The number of nitrogens with one attached hydrogen (secondary N) is 1. The molecule has 96 valence electrons. The molecule has 0 saturated carbocycles. The van der Waals surface area contributed by atoms with Gasteiger partial charge in [0.15, 0.2) is 0 Å². The van der Waals surface area contributed by atoms with Gasteiger partial charge in [-0.2, -0.15) is 0 Å². The maximum absolute atomic E-state index is 11.8. The predicted octanol–water partition coefficient (Wildman–Crippen LogP) is 0.972. The Morgan fingerprint density at radius 1 is 1.22 bits per heavy atom. The molecule has 2 rings (SSSR count). The molecule has 0 saturated heterocycles. The third-order valence-electron chi connectivity index (χ3n) is 2.17. The lowest BCUT2D eigenvalue weighted by Gasteiger charge is -2.05. The molecule has 1 aromatic heterocycles. The molecule has 0 amide bonds. The van der Waals surface area contributed by atoms with Crippen LogP contribution >= 0.6 is 11.3 Å². The third kappa shape index (κ3) is 3.49. The quantitative estimate of drug-likeness (QED) is 0.854. The minimum Gasteiger partial charge on any atom is -0.392 e. The highest BCUT2D eigenvalue weighted by Crippen LogP contribution is 2.14. The van der Waals surface area contributed by atoms with E-state index in [-0.39, 0.29) is 17.5 Å². The Bertz CT molecular complexity index is 594. The van der Waals surface area contributed by atoms with Crippen molar-refractivity contribution in [3.8, 4) is 0 Å². The molecule has 1 aromatic carbocycles. The van der Waals surface area contributed by atoms with Gasteiger partial charge in [-0.1, -0.05) is 35.6 Å². The van der Waals surface area contributed by atoms with Gasteiger partial charge in [-0.3, -0.25) is 4.72 Å². The highest BCUT2D eigenvalue weighted by molar-refractivity contribution is 7.92. The van der Waals surface area contributed by atoms with Crippen molar-refractivity contribution < 1.29 is 13.5 Å². The van der Waals surface area contributed by atoms with Crippen molar-refractivity contribution in [1.82, 2.24) is 10.2 Å². The molecule has 0 fully saturated rings. The minimum atomic E-state index is -3.48. The normalized spacial score (nSPS) is 11.4. The second-order valence-corrected chi connectivity index (χ2v) is 6.14. The van der Waals surface area contributed by atoms with E-state index in [0.29, 0.717) is 5.56 Å². The van der Waals surface area contributed by atoms with Gasteiger partial charge in [0.1, 0.15) is 5.51 Å². The molecular weight excluding hydrogens is 274 g/mol. The Kier molecular flexibility index (Phi) is 3.90. The topological polar surface area (TPSA) is 92.2 Å². The molecule has 2 N–H and O–H groups in total. The van der Waals surface area contributed by atoms with Gasteiger partial charge in [0.2, 0.25) is 15.2 Å². The number of aromatic nitrogens is 2. The van der Waals surface area contributed by atoms with Crippen LogP contribution in [0.3, 0.4) is 0 Å². The van der Waals surface area contributed by atoms with Crippen LogP contribution in [-0.2, 0) is 22.4 Å². The second kappa shape index (κ2) is 5.42. The number of sulfonamides is 1. The van der Waals surface area contributed by atoms with Crippen LogP contribution in [0.25, 0.3) is 0 Å². The zero-order valence-electron chi connectivity index (χ0n) is 9.28. The first-order valence-electron chi connectivity index (χ1n) is 5.04. The van der Waals surface area contributed by atoms with E-state index in [2.05, 4.69) is 14.9 Å². The number of rotatable bonds is 5. The van der Waals surface area contributed by atoms with E-state index in [9.17, 15) is 8.42 Å². The van der Waals surface area contributed by atoms with E-state index in [1.165, 1.54) is 5.51 Å². The van der Waals surface area contributed by atoms with Crippen molar-refractivity contribution in [1.29, 1.82) is 0 Å². The molecule has 0 atom stereocenters. The van der Waals surface area contributed by atoms with E-state index in [4.69, 9.17) is 5.11 Å². The summed E-state index contributed by atoms with van der Waals surface area (Å²) in [6.45, 7) is -0.0595. The number of hydrogen-bond donors (Lipinski definition) is 2. The molecular formula is C10H11N3O3S2. The summed E-state index contributed by atoms with van der Waals surface area (Å²) in [5, 5.41) is 16.3. The summed E-state index contributed by atoms with van der Waals surface area (Å²) in [7, 11) is -3.48. The van der Waals surface area contributed by atoms with Crippen molar-refractivity contribution in [2.75, 3.05) is 4.72 Å². The zero-order chi connectivity index (χ0) is 13.0. The second-order valence-electron chi connectivity index (χ2n) is 3.58. The lowest BCUT2D eigenvalue weighted by molar-refractivity contribution is 0.282. The van der Waals surface area contributed by atoms with Crippen LogP contribution in [0.5, 0.6) is 0 Å². The molecule has 0 spiro atoms. The van der Waals surface area contributed by atoms with Crippen LogP contribution in [0.4, 0.5) is 5.13 Å². The Labute approximate surface area is 108 Å². The zero-order valence-corrected chi connectivity index (χ0v) is 10.9. The van der Waals surface area contributed by atoms with Gasteiger partial charge in [-0.15, -0.1) is 10.2 Å². The highest BCUT2D eigenvalue weighted by atomic mass is 32.2. The van der Waals surface area contributed by atoms with Gasteiger partial charge in [-0.25, -0.2) is 8.42 Å². The summed E-state index contributed by atoms with van der Waals surface area (Å²) in [5.74, 6) is -0.141. The summed E-state index contributed by atoms with van der Waals surface area (Å²) in [6.07, 6.45) is 0. The number of anilines is 1. The molecule has 0 aliphatic rings. The van der Waals surface area contributed by atoms with Gasteiger partial charge in [0, 0.05) is 0 Å². The van der Waals surface area contributed by atoms with Crippen LogP contribution in [0.15, 0.2) is 29.8 Å². The minimum absolute atomic E-state index is 0.0595. The van der Waals surface area contributed by atoms with Crippen molar-refractivity contribution in [3.63, 3.8) is 0 Å². The lowest BCUT2D eigenvalue weighted by atomic mass is 10.2. The first-order valence-corrected chi connectivity index (χ1v) is 7.57. The fourth-order valence-electron chi connectivity index (χ4n) is 1.35. The summed E-state index contributed by atoms with van der Waals surface area (Å²) in [6, 6.07) is 6.72. The molecule has 0 unspecified atom stereocenters. The van der Waals surface area contributed by atoms with Crippen LogP contribution in [0.1, 0.15) is 11.1 Å². The highest BCUT2D eigenvalue weighted by Gasteiger charge is 2.13. The molecule has 8 heteroatoms. The van der Waals surface area contributed by atoms with E-state index >= 15 is 0 Å². The summed E-state index contributed by atoms with van der Waals surface area (Å²) >= 11 is 1.12. The molecule has 6 nitrogen and oxygen atoms in total. The standard InChI is InChI=1S/C10H11N3O3S2/c14-5-8-1-3-9(4-2-8)6-18(15,16)13-10-12-11-7-17-10/h1-4,7,14H,5-6H2,(H,12,13). The largest absolute Gasteiger partial charge is 0.392 e. The molecule has 0 aliphatic heterocycles. The van der Waals surface area contributed by atoms with Crippen LogP contribution < -0.4 is 4.72 Å². The van der Waals surface area contributed by atoms with Crippen molar-refractivity contribution in [2.45, 2.75) is 12.4 Å². The number of benzene rings is 1. The maximum atomic E-state index is 11.8. The van der Waals surface area contributed by atoms with Crippen molar-refractivity contribution in [2.24, 2.45) is 0 Å². The average Bonchev–Trinajstić information content (AvgIpc) is 2.81. The van der Waals surface area contributed by atoms with Gasteiger partial charge >= 0.3 is 0 Å². The summed E-state index contributed by atoms with van der Waals surface area (Å²) in [4.78, 5) is 0.